The third kappa shape index (κ3) is 7.23. The summed E-state index contributed by atoms with van der Waals surface area (Å²) in [6.45, 7) is 14.0. The van der Waals surface area contributed by atoms with Crippen LogP contribution in [-0.2, 0) is 11.2 Å². The monoisotopic (exact) mass is 398 g/mol. The van der Waals surface area contributed by atoms with Gasteiger partial charge in [0, 0.05) is 57.3 Å². The number of anilines is 1. The van der Waals surface area contributed by atoms with Gasteiger partial charge in [-0.05, 0) is 12.8 Å². The minimum absolute atomic E-state index is 0.325. The predicted octanol–water partition coefficient (Wildman–Crippen LogP) is 1.22. The number of aliphatic imine (C=N–C) groups is 1. The first-order chi connectivity index (χ1) is 13.0. The summed E-state index contributed by atoms with van der Waals surface area (Å²) < 4.78 is 9.87. The van der Waals surface area contributed by atoms with E-state index in [0.29, 0.717) is 25.7 Å². The van der Waals surface area contributed by atoms with Crippen LogP contribution in [0, 0.1) is 5.92 Å². The first-order valence-corrected chi connectivity index (χ1v) is 10.7. The molecule has 1 saturated heterocycles. The Bertz CT molecular complexity index is 572. The molecule has 1 aliphatic rings. The van der Waals surface area contributed by atoms with Crippen LogP contribution in [0.25, 0.3) is 0 Å². The molecule has 0 aliphatic carbocycles. The van der Waals surface area contributed by atoms with Crippen molar-refractivity contribution in [3.8, 4) is 0 Å². The van der Waals surface area contributed by atoms with Crippen molar-refractivity contribution in [2.45, 2.75) is 40.2 Å². The van der Waals surface area contributed by atoms with Gasteiger partial charge in [-0.3, -0.25) is 4.99 Å². The first kappa shape index (κ1) is 21.8. The van der Waals surface area contributed by atoms with Gasteiger partial charge in [-0.2, -0.15) is 4.37 Å². The lowest BCUT2D eigenvalue weighted by Crippen LogP contribution is -2.52. The molecule has 1 atom stereocenters. The highest BCUT2D eigenvalue weighted by Gasteiger charge is 2.22. The maximum absolute atomic E-state index is 10.1. The summed E-state index contributed by atoms with van der Waals surface area (Å²) in [5.41, 5.74) is 0. The number of aryl methyl sites for hydroxylation is 1. The maximum atomic E-state index is 10.1. The van der Waals surface area contributed by atoms with Gasteiger partial charge in [0.2, 0.25) is 5.13 Å². The molecule has 2 heterocycles. The van der Waals surface area contributed by atoms with Gasteiger partial charge in [0.15, 0.2) is 5.96 Å². The Hall–Kier alpha value is -1.45. The molecule has 1 aromatic heterocycles. The third-order valence-corrected chi connectivity index (χ3v) is 4.99. The summed E-state index contributed by atoms with van der Waals surface area (Å²) in [4.78, 5) is 13.7. The number of aliphatic hydroxyl groups is 1. The Kier molecular flexibility index (Phi) is 9.23. The molecule has 1 unspecified atom stereocenters. The molecule has 0 spiro atoms. The zero-order valence-electron chi connectivity index (χ0n) is 17.0. The van der Waals surface area contributed by atoms with Crippen molar-refractivity contribution < 1.29 is 9.84 Å². The van der Waals surface area contributed by atoms with E-state index >= 15 is 0 Å². The molecule has 2 rings (SSSR count). The van der Waals surface area contributed by atoms with Crippen LogP contribution in [0.2, 0.25) is 0 Å². The van der Waals surface area contributed by atoms with E-state index in [1.165, 1.54) is 11.5 Å². The second-order valence-corrected chi connectivity index (χ2v) is 7.83. The standard InChI is InChI=1S/C18H34N6O2S/c1-5-16-21-18(27-22-16)24-9-7-23(8-10-24)17(19-6-2)20-11-15(25)13-26-12-14(3)4/h14-15,25H,5-13H2,1-4H3,(H,19,20). The molecule has 0 bridgehead atoms. The van der Waals surface area contributed by atoms with Gasteiger partial charge < -0.3 is 25.0 Å². The molecule has 8 nitrogen and oxygen atoms in total. The Balaban J connectivity index is 1.83. The number of hydrogen-bond acceptors (Lipinski definition) is 7. The number of aliphatic hydroxyl groups excluding tert-OH is 1. The third-order valence-electron chi connectivity index (χ3n) is 4.17. The van der Waals surface area contributed by atoms with Crippen molar-refractivity contribution in [3.63, 3.8) is 0 Å². The van der Waals surface area contributed by atoms with Crippen LogP contribution in [0.3, 0.4) is 0 Å². The number of guanidine groups is 1. The van der Waals surface area contributed by atoms with E-state index in [0.717, 1.165) is 56.1 Å². The van der Waals surface area contributed by atoms with Gasteiger partial charge in [0.1, 0.15) is 5.82 Å². The van der Waals surface area contributed by atoms with Crippen LogP contribution in [-0.4, -0.2) is 83.9 Å². The van der Waals surface area contributed by atoms with Crippen molar-refractivity contribution in [1.82, 2.24) is 19.6 Å². The zero-order chi connectivity index (χ0) is 19.6. The minimum Gasteiger partial charge on any atom is -0.389 e. The molecule has 0 saturated carbocycles. The maximum Gasteiger partial charge on any atom is 0.205 e. The van der Waals surface area contributed by atoms with Crippen molar-refractivity contribution >= 4 is 22.6 Å². The molecule has 2 N–H and O–H groups in total. The van der Waals surface area contributed by atoms with E-state index in [1.807, 2.05) is 0 Å². The highest BCUT2D eigenvalue weighted by molar-refractivity contribution is 7.09. The fraction of sp³-hybridized carbons (Fsp3) is 0.833. The van der Waals surface area contributed by atoms with E-state index in [2.05, 4.69) is 57.2 Å². The second-order valence-electron chi connectivity index (χ2n) is 7.10. The summed E-state index contributed by atoms with van der Waals surface area (Å²) in [5, 5.41) is 14.4. The topological polar surface area (TPSA) is 86.1 Å². The molecular formula is C18H34N6O2S. The Labute approximate surface area is 166 Å². The molecule has 0 radical (unpaired) electrons. The average Bonchev–Trinajstić information content (AvgIpc) is 3.14. The molecule has 9 heteroatoms. The quantitative estimate of drug-likeness (QED) is 0.478. The highest BCUT2D eigenvalue weighted by Crippen LogP contribution is 2.19. The Morgan fingerprint density at radius 3 is 2.59 bits per heavy atom. The summed E-state index contributed by atoms with van der Waals surface area (Å²) >= 11 is 1.48. The van der Waals surface area contributed by atoms with E-state index < -0.39 is 6.10 Å². The van der Waals surface area contributed by atoms with Crippen LogP contribution in [0.4, 0.5) is 5.13 Å². The van der Waals surface area contributed by atoms with Crippen molar-refractivity contribution in [2.24, 2.45) is 10.9 Å². The van der Waals surface area contributed by atoms with Crippen LogP contribution in [0.1, 0.15) is 33.5 Å². The largest absolute Gasteiger partial charge is 0.389 e. The Morgan fingerprint density at radius 1 is 1.26 bits per heavy atom. The number of nitrogens with zero attached hydrogens (tertiary/aromatic N) is 5. The lowest BCUT2D eigenvalue weighted by atomic mass is 10.2. The smallest absolute Gasteiger partial charge is 0.205 e. The van der Waals surface area contributed by atoms with Crippen LogP contribution < -0.4 is 10.2 Å². The normalized spacial score (nSPS) is 16.9. The lowest BCUT2D eigenvalue weighted by Gasteiger charge is -2.36. The second kappa shape index (κ2) is 11.4. The number of aromatic nitrogens is 2. The number of ether oxygens (including phenoxy) is 1. The fourth-order valence-electron chi connectivity index (χ4n) is 2.74. The highest BCUT2D eigenvalue weighted by atomic mass is 32.1. The summed E-state index contributed by atoms with van der Waals surface area (Å²) in [5.74, 6) is 2.24. The molecule has 1 fully saturated rings. The van der Waals surface area contributed by atoms with Gasteiger partial charge >= 0.3 is 0 Å². The summed E-state index contributed by atoms with van der Waals surface area (Å²) in [6.07, 6.45) is 0.296. The van der Waals surface area contributed by atoms with Crippen molar-refractivity contribution in [2.75, 3.05) is 57.4 Å². The Morgan fingerprint density at radius 2 is 2.00 bits per heavy atom. The number of hydrogen-bond donors (Lipinski definition) is 2. The van der Waals surface area contributed by atoms with Gasteiger partial charge in [-0.25, -0.2) is 4.98 Å². The van der Waals surface area contributed by atoms with Gasteiger partial charge in [0.25, 0.3) is 0 Å². The SMILES string of the molecule is CCNC(=NCC(O)COCC(C)C)N1CCN(c2nc(CC)ns2)CC1. The van der Waals surface area contributed by atoms with Gasteiger partial charge in [-0.1, -0.05) is 20.8 Å². The fourth-order valence-corrected chi connectivity index (χ4v) is 3.54. The van der Waals surface area contributed by atoms with E-state index in [-0.39, 0.29) is 0 Å². The molecule has 0 amide bonds. The predicted molar refractivity (Wildman–Crippen MR) is 111 cm³/mol. The molecular weight excluding hydrogens is 364 g/mol. The van der Waals surface area contributed by atoms with E-state index in [4.69, 9.17) is 4.74 Å². The molecule has 1 aliphatic heterocycles. The number of nitrogens with one attached hydrogen (secondary N) is 1. The van der Waals surface area contributed by atoms with E-state index in [9.17, 15) is 5.11 Å². The van der Waals surface area contributed by atoms with Crippen molar-refractivity contribution in [3.05, 3.63) is 5.82 Å². The minimum atomic E-state index is -0.576. The number of piperazine rings is 1. The molecule has 154 valence electrons. The van der Waals surface area contributed by atoms with Crippen molar-refractivity contribution in [1.29, 1.82) is 0 Å². The molecule has 27 heavy (non-hydrogen) atoms. The van der Waals surface area contributed by atoms with E-state index in [1.54, 1.807) is 0 Å². The lowest BCUT2D eigenvalue weighted by molar-refractivity contribution is 0.0300. The summed E-state index contributed by atoms with van der Waals surface area (Å²) in [7, 11) is 0. The summed E-state index contributed by atoms with van der Waals surface area (Å²) in [6, 6.07) is 0. The van der Waals surface area contributed by atoms with Gasteiger partial charge in [0.05, 0.1) is 19.3 Å². The molecule has 0 aromatic carbocycles. The first-order valence-electron chi connectivity index (χ1n) is 9.90. The van der Waals surface area contributed by atoms with Crippen LogP contribution in [0.15, 0.2) is 4.99 Å². The van der Waals surface area contributed by atoms with Crippen LogP contribution >= 0.6 is 11.5 Å². The number of rotatable bonds is 9. The molecule has 1 aromatic rings. The van der Waals surface area contributed by atoms with Gasteiger partial charge in [-0.15, -0.1) is 0 Å². The average molecular weight is 399 g/mol. The van der Waals surface area contributed by atoms with Crippen LogP contribution in [0.5, 0.6) is 0 Å². The zero-order valence-corrected chi connectivity index (χ0v) is 17.8.